The van der Waals surface area contributed by atoms with Crippen molar-refractivity contribution in [3.63, 3.8) is 0 Å². The minimum atomic E-state index is -1.09. The Labute approximate surface area is 160 Å². The number of hydrogen-bond donors (Lipinski definition) is 3. The third kappa shape index (κ3) is 3.43. The summed E-state index contributed by atoms with van der Waals surface area (Å²) in [6.07, 6.45) is 2.99. The Morgan fingerprint density at radius 1 is 1.50 bits per heavy atom. The standard InChI is InChI=1S/C17H27N3O3.HI/c1-16(2)13(11-7-9-23-14(11)16)20-15(18-4)19-10-17(3,21)12-6-5-8-22-12;/h5-6,8,11,13-14,21H,7,9-10H2,1-4H3,(H2,18,19,20);1H. The molecule has 3 N–H and O–H groups in total. The highest BCUT2D eigenvalue weighted by atomic mass is 127. The molecule has 4 unspecified atom stereocenters. The number of halogens is 1. The topological polar surface area (TPSA) is 79.0 Å². The quantitative estimate of drug-likeness (QED) is 0.373. The molecule has 1 saturated carbocycles. The van der Waals surface area contributed by atoms with Gasteiger partial charge in [0.1, 0.15) is 11.4 Å². The van der Waals surface area contributed by atoms with Crippen LogP contribution in [-0.4, -0.2) is 43.4 Å². The van der Waals surface area contributed by atoms with E-state index in [-0.39, 0.29) is 29.4 Å². The van der Waals surface area contributed by atoms with E-state index in [4.69, 9.17) is 9.15 Å². The van der Waals surface area contributed by atoms with E-state index in [1.54, 1.807) is 32.4 Å². The normalized spacial score (nSPS) is 30.5. The zero-order valence-corrected chi connectivity index (χ0v) is 17.0. The van der Waals surface area contributed by atoms with Gasteiger partial charge in [-0.15, -0.1) is 24.0 Å². The fourth-order valence-corrected chi connectivity index (χ4v) is 3.89. The first-order valence-corrected chi connectivity index (χ1v) is 8.21. The van der Waals surface area contributed by atoms with Gasteiger partial charge in [-0.1, -0.05) is 13.8 Å². The Hall–Kier alpha value is -0.800. The second kappa shape index (κ2) is 7.21. The summed E-state index contributed by atoms with van der Waals surface area (Å²) >= 11 is 0. The van der Waals surface area contributed by atoms with Crippen LogP contribution >= 0.6 is 24.0 Å². The van der Waals surface area contributed by atoms with E-state index in [0.29, 0.717) is 36.3 Å². The van der Waals surface area contributed by atoms with E-state index in [1.807, 2.05) is 0 Å². The maximum Gasteiger partial charge on any atom is 0.191 e. The Morgan fingerprint density at radius 2 is 2.25 bits per heavy atom. The molecule has 2 aliphatic rings. The number of ether oxygens (including phenoxy) is 1. The van der Waals surface area contributed by atoms with Crippen molar-refractivity contribution in [2.45, 2.75) is 44.9 Å². The molecule has 1 saturated heterocycles. The molecule has 7 heteroatoms. The van der Waals surface area contributed by atoms with Gasteiger partial charge in [0, 0.05) is 31.0 Å². The van der Waals surface area contributed by atoms with Crippen molar-refractivity contribution in [2.24, 2.45) is 16.3 Å². The van der Waals surface area contributed by atoms with Crippen molar-refractivity contribution in [1.82, 2.24) is 10.6 Å². The lowest BCUT2D eigenvalue weighted by Crippen LogP contribution is -2.68. The van der Waals surface area contributed by atoms with Crippen molar-refractivity contribution in [3.8, 4) is 0 Å². The molecule has 0 bridgehead atoms. The van der Waals surface area contributed by atoms with Crippen molar-refractivity contribution in [2.75, 3.05) is 20.2 Å². The first-order chi connectivity index (χ1) is 10.9. The van der Waals surface area contributed by atoms with Crippen molar-refractivity contribution in [3.05, 3.63) is 24.2 Å². The molecule has 0 aromatic carbocycles. The van der Waals surface area contributed by atoms with Crippen LogP contribution in [0.2, 0.25) is 0 Å². The van der Waals surface area contributed by atoms with Gasteiger partial charge in [0.05, 0.1) is 18.9 Å². The van der Waals surface area contributed by atoms with E-state index in [9.17, 15) is 5.11 Å². The van der Waals surface area contributed by atoms with Gasteiger partial charge in [0.15, 0.2) is 5.96 Å². The largest absolute Gasteiger partial charge is 0.466 e. The molecule has 1 aliphatic carbocycles. The first-order valence-electron chi connectivity index (χ1n) is 8.21. The van der Waals surface area contributed by atoms with Crippen LogP contribution in [0.25, 0.3) is 0 Å². The summed E-state index contributed by atoms with van der Waals surface area (Å²) in [5, 5.41) is 17.2. The van der Waals surface area contributed by atoms with Crippen molar-refractivity contribution >= 4 is 29.9 Å². The molecule has 2 fully saturated rings. The number of nitrogens with one attached hydrogen (secondary N) is 2. The number of guanidine groups is 1. The average Bonchev–Trinajstić information content (AvgIpc) is 3.18. The Kier molecular flexibility index (Phi) is 5.87. The molecule has 6 nitrogen and oxygen atoms in total. The summed E-state index contributed by atoms with van der Waals surface area (Å²) in [5.41, 5.74) is -1.00. The SMILES string of the molecule is CN=C(NCC(C)(O)c1ccco1)NC1C2CCOC2C1(C)C.I. The highest BCUT2D eigenvalue weighted by Crippen LogP contribution is 2.52. The molecular formula is C17H28IN3O3. The second-order valence-electron chi connectivity index (χ2n) is 7.36. The number of rotatable bonds is 4. The van der Waals surface area contributed by atoms with E-state index >= 15 is 0 Å². The number of fused-ring (bicyclic) bond motifs is 1. The predicted molar refractivity (Wildman–Crippen MR) is 104 cm³/mol. The lowest BCUT2D eigenvalue weighted by molar-refractivity contribution is -0.106. The van der Waals surface area contributed by atoms with Crippen LogP contribution in [0.4, 0.5) is 0 Å². The monoisotopic (exact) mass is 449 g/mol. The Balaban J connectivity index is 0.00000208. The van der Waals surface area contributed by atoms with Gasteiger partial charge >= 0.3 is 0 Å². The van der Waals surface area contributed by atoms with Gasteiger partial charge in [-0.3, -0.25) is 4.99 Å². The predicted octanol–water partition coefficient (Wildman–Crippen LogP) is 2.08. The third-order valence-electron chi connectivity index (χ3n) is 5.27. The molecule has 4 atom stereocenters. The summed E-state index contributed by atoms with van der Waals surface area (Å²) in [7, 11) is 1.74. The van der Waals surface area contributed by atoms with Crippen LogP contribution in [0, 0.1) is 11.3 Å². The van der Waals surface area contributed by atoms with Crippen LogP contribution < -0.4 is 10.6 Å². The molecule has 136 valence electrons. The van der Waals surface area contributed by atoms with Gasteiger partial charge in [0.25, 0.3) is 0 Å². The number of furan rings is 1. The third-order valence-corrected chi connectivity index (χ3v) is 5.27. The fourth-order valence-electron chi connectivity index (χ4n) is 3.89. The summed E-state index contributed by atoms with van der Waals surface area (Å²) < 4.78 is 11.1. The van der Waals surface area contributed by atoms with Crippen LogP contribution in [0.1, 0.15) is 33.0 Å². The number of hydrogen-bond acceptors (Lipinski definition) is 4. The number of aliphatic imine (C=N–C) groups is 1. The summed E-state index contributed by atoms with van der Waals surface area (Å²) in [6.45, 7) is 7.33. The summed E-state index contributed by atoms with van der Waals surface area (Å²) in [6, 6.07) is 3.87. The number of aliphatic hydroxyl groups is 1. The fraction of sp³-hybridized carbons (Fsp3) is 0.706. The highest BCUT2D eigenvalue weighted by Gasteiger charge is 2.59. The molecular weight excluding hydrogens is 421 g/mol. The summed E-state index contributed by atoms with van der Waals surface area (Å²) in [4.78, 5) is 4.29. The lowest BCUT2D eigenvalue weighted by atomic mass is 9.57. The van der Waals surface area contributed by atoms with Crippen LogP contribution in [0.15, 0.2) is 27.8 Å². The Morgan fingerprint density at radius 3 is 2.88 bits per heavy atom. The molecule has 0 radical (unpaired) electrons. The van der Waals surface area contributed by atoms with E-state index in [0.717, 1.165) is 13.0 Å². The summed E-state index contributed by atoms with van der Waals surface area (Å²) in [5.74, 6) is 1.77. The van der Waals surface area contributed by atoms with Gasteiger partial charge in [0.2, 0.25) is 0 Å². The second-order valence-corrected chi connectivity index (χ2v) is 7.36. The molecule has 2 heterocycles. The van der Waals surface area contributed by atoms with Gasteiger partial charge < -0.3 is 24.9 Å². The molecule has 1 aliphatic heterocycles. The van der Waals surface area contributed by atoms with Gasteiger partial charge in [-0.05, 0) is 25.5 Å². The number of nitrogens with zero attached hydrogens (tertiary/aromatic N) is 1. The van der Waals surface area contributed by atoms with Gasteiger partial charge in [-0.2, -0.15) is 0 Å². The van der Waals surface area contributed by atoms with E-state index in [1.165, 1.54) is 0 Å². The average molecular weight is 449 g/mol. The van der Waals surface area contributed by atoms with Crippen LogP contribution in [0.5, 0.6) is 0 Å². The Bertz CT molecular complexity index is 572. The maximum absolute atomic E-state index is 10.5. The maximum atomic E-state index is 10.5. The van der Waals surface area contributed by atoms with Crippen molar-refractivity contribution in [1.29, 1.82) is 0 Å². The lowest BCUT2D eigenvalue weighted by Gasteiger charge is -2.55. The smallest absolute Gasteiger partial charge is 0.191 e. The minimum Gasteiger partial charge on any atom is -0.466 e. The van der Waals surface area contributed by atoms with Gasteiger partial charge in [-0.25, -0.2) is 0 Å². The zero-order chi connectivity index (χ0) is 16.7. The first kappa shape index (κ1) is 19.5. The van der Waals surface area contributed by atoms with E-state index in [2.05, 4.69) is 29.5 Å². The molecule has 0 spiro atoms. The molecule has 1 aromatic heterocycles. The molecule has 1 aromatic rings. The van der Waals surface area contributed by atoms with Crippen LogP contribution in [0.3, 0.4) is 0 Å². The molecule has 0 amide bonds. The molecule has 24 heavy (non-hydrogen) atoms. The minimum absolute atomic E-state index is 0. The van der Waals surface area contributed by atoms with E-state index < -0.39 is 5.60 Å². The zero-order valence-electron chi connectivity index (χ0n) is 14.7. The highest BCUT2D eigenvalue weighted by molar-refractivity contribution is 14.0. The van der Waals surface area contributed by atoms with Crippen LogP contribution in [-0.2, 0) is 10.3 Å². The molecule has 3 rings (SSSR count). The van der Waals surface area contributed by atoms with Crippen molar-refractivity contribution < 1.29 is 14.3 Å².